The smallest absolute Gasteiger partial charge is 0.126 e. The Kier molecular flexibility index (Phi) is 4.76. The molecule has 0 spiro atoms. The Balaban J connectivity index is 2.03. The molecule has 1 aliphatic carbocycles. The van der Waals surface area contributed by atoms with Crippen LogP contribution in [0.1, 0.15) is 44.6 Å². The molecule has 18 heavy (non-hydrogen) atoms. The van der Waals surface area contributed by atoms with Crippen LogP contribution < -0.4 is 5.32 Å². The molecule has 0 amide bonds. The monoisotopic (exact) mass is 249 g/mol. The number of rotatable bonds is 6. The summed E-state index contributed by atoms with van der Waals surface area (Å²) in [5.74, 6) is 1.62. The lowest BCUT2D eigenvalue weighted by atomic mass is 9.73. The third-order valence-electron chi connectivity index (χ3n) is 3.94. The molecule has 0 radical (unpaired) electrons. The molecule has 0 aromatic heterocycles. The molecule has 2 heteroatoms. The van der Waals surface area contributed by atoms with E-state index in [0.29, 0.717) is 17.8 Å². The van der Waals surface area contributed by atoms with Gasteiger partial charge in [0.1, 0.15) is 5.82 Å². The molecule has 1 unspecified atom stereocenters. The van der Waals surface area contributed by atoms with E-state index in [9.17, 15) is 4.39 Å². The molecule has 1 aromatic carbocycles. The van der Waals surface area contributed by atoms with Gasteiger partial charge in [0.15, 0.2) is 0 Å². The topological polar surface area (TPSA) is 12.0 Å². The maximum Gasteiger partial charge on any atom is 0.126 e. The van der Waals surface area contributed by atoms with E-state index in [-0.39, 0.29) is 5.82 Å². The zero-order valence-corrected chi connectivity index (χ0v) is 11.5. The van der Waals surface area contributed by atoms with Gasteiger partial charge >= 0.3 is 0 Å². The van der Waals surface area contributed by atoms with Gasteiger partial charge < -0.3 is 5.32 Å². The van der Waals surface area contributed by atoms with Crippen molar-refractivity contribution in [2.24, 2.45) is 11.8 Å². The summed E-state index contributed by atoms with van der Waals surface area (Å²) in [4.78, 5) is 0. The van der Waals surface area contributed by atoms with Crippen LogP contribution in [0.3, 0.4) is 0 Å². The molecule has 1 N–H and O–H groups in total. The second-order valence-corrected chi connectivity index (χ2v) is 5.87. The summed E-state index contributed by atoms with van der Waals surface area (Å²) in [5, 5.41) is 3.49. The second kappa shape index (κ2) is 6.33. The summed E-state index contributed by atoms with van der Waals surface area (Å²) in [7, 11) is 0. The molecule has 2 rings (SSSR count). The highest BCUT2D eigenvalue weighted by Crippen LogP contribution is 2.39. The first-order chi connectivity index (χ1) is 8.68. The molecule has 0 saturated heterocycles. The van der Waals surface area contributed by atoms with Gasteiger partial charge in [0.2, 0.25) is 0 Å². The maximum absolute atomic E-state index is 13.9. The van der Waals surface area contributed by atoms with Crippen molar-refractivity contribution in [3.63, 3.8) is 0 Å². The SMILES string of the molecule is CC(C)CNCC(c1ccccc1F)C1CCC1. The quantitative estimate of drug-likeness (QED) is 0.805. The zero-order chi connectivity index (χ0) is 13.0. The Hall–Kier alpha value is -0.890. The summed E-state index contributed by atoms with van der Waals surface area (Å²) in [6.07, 6.45) is 3.81. The van der Waals surface area contributed by atoms with Crippen LogP contribution in [0.2, 0.25) is 0 Å². The molecule has 100 valence electrons. The Morgan fingerprint density at radius 2 is 1.94 bits per heavy atom. The fourth-order valence-electron chi connectivity index (χ4n) is 2.68. The minimum absolute atomic E-state index is 0.0410. The first-order valence-corrected chi connectivity index (χ1v) is 7.13. The van der Waals surface area contributed by atoms with Gasteiger partial charge in [0.25, 0.3) is 0 Å². The van der Waals surface area contributed by atoms with Crippen molar-refractivity contribution in [3.05, 3.63) is 35.6 Å². The third-order valence-corrected chi connectivity index (χ3v) is 3.94. The predicted molar refractivity (Wildman–Crippen MR) is 74.2 cm³/mol. The van der Waals surface area contributed by atoms with E-state index in [1.807, 2.05) is 12.1 Å². The summed E-state index contributed by atoms with van der Waals surface area (Å²) < 4.78 is 13.9. The lowest BCUT2D eigenvalue weighted by Crippen LogP contribution is -2.32. The van der Waals surface area contributed by atoms with Crippen LogP contribution in [0.25, 0.3) is 0 Å². The van der Waals surface area contributed by atoms with Gasteiger partial charge in [-0.1, -0.05) is 38.5 Å². The maximum atomic E-state index is 13.9. The van der Waals surface area contributed by atoms with Crippen molar-refractivity contribution in [2.45, 2.75) is 39.0 Å². The van der Waals surface area contributed by atoms with E-state index in [4.69, 9.17) is 0 Å². The highest BCUT2D eigenvalue weighted by atomic mass is 19.1. The van der Waals surface area contributed by atoms with Crippen LogP contribution in [0.15, 0.2) is 24.3 Å². The molecular formula is C16H24FN. The Labute approximate surface area is 110 Å². The fraction of sp³-hybridized carbons (Fsp3) is 0.625. The number of halogens is 1. The lowest BCUT2D eigenvalue weighted by molar-refractivity contribution is 0.249. The number of nitrogens with one attached hydrogen (secondary N) is 1. The second-order valence-electron chi connectivity index (χ2n) is 5.87. The summed E-state index contributed by atoms with van der Waals surface area (Å²) in [6.45, 7) is 6.32. The van der Waals surface area contributed by atoms with Gasteiger partial charge in [0.05, 0.1) is 0 Å². The van der Waals surface area contributed by atoms with Gasteiger partial charge in [-0.3, -0.25) is 0 Å². The minimum atomic E-state index is -0.0410. The largest absolute Gasteiger partial charge is 0.316 e. The molecule has 1 aliphatic rings. The molecule has 0 bridgehead atoms. The average molecular weight is 249 g/mol. The number of hydrogen-bond donors (Lipinski definition) is 1. The van der Waals surface area contributed by atoms with Gasteiger partial charge in [0, 0.05) is 12.5 Å². The molecule has 1 saturated carbocycles. The van der Waals surface area contributed by atoms with Gasteiger partial charge in [-0.05, 0) is 42.9 Å². The summed E-state index contributed by atoms with van der Waals surface area (Å²) in [5.41, 5.74) is 0.901. The van der Waals surface area contributed by atoms with Crippen LogP contribution in [-0.4, -0.2) is 13.1 Å². The molecule has 1 aromatic rings. The van der Waals surface area contributed by atoms with Gasteiger partial charge in [-0.2, -0.15) is 0 Å². The molecule has 0 heterocycles. The van der Waals surface area contributed by atoms with Crippen molar-refractivity contribution in [2.75, 3.05) is 13.1 Å². The van der Waals surface area contributed by atoms with Crippen molar-refractivity contribution < 1.29 is 4.39 Å². The van der Waals surface area contributed by atoms with Crippen LogP contribution in [-0.2, 0) is 0 Å². The first kappa shape index (κ1) is 13.5. The van der Waals surface area contributed by atoms with Crippen LogP contribution in [0.4, 0.5) is 4.39 Å². The van der Waals surface area contributed by atoms with Crippen molar-refractivity contribution in [3.8, 4) is 0 Å². The highest BCUT2D eigenvalue weighted by molar-refractivity contribution is 5.23. The Bertz CT molecular complexity index is 371. The number of benzene rings is 1. The molecule has 1 atom stereocenters. The zero-order valence-electron chi connectivity index (χ0n) is 11.5. The fourth-order valence-corrected chi connectivity index (χ4v) is 2.68. The Morgan fingerprint density at radius 3 is 2.50 bits per heavy atom. The van der Waals surface area contributed by atoms with Crippen LogP contribution >= 0.6 is 0 Å². The van der Waals surface area contributed by atoms with E-state index in [2.05, 4.69) is 19.2 Å². The summed E-state index contributed by atoms with van der Waals surface area (Å²) >= 11 is 0. The van der Waals surface area contributed by atoms with Gasteiger partial charge in [-0.25, -0.2) is 4.39 Å². The molecule has 1 fully saturated rings. The Morgan fingerprint density at radius 1 is 1.22 bits per heavy atom. The summed E-state index contributed by atoms with van der Waals surface area (Å²) in [6, 6.07) is 7.27. The van der Waals surface area contributed by atoms with E-state index < -0.39 is 0 Å². The standard InChI is InChI=1S/C16H24FN/c1-12(2)10-18-11-15(13-6-5-7-13)14-8-3-4-9-16(14)17/h3-4,8-9,12-13,15,18H,5-7,10-11H2,1-2H3. The predicted octanol–water partition coefficient (Wildman–Crippen LogP) is 3.96. The normalized spacial score (nSPS) is 17.8. The third kappa shape index (κ3) is 3.32. The minimum Gasteiger partial charge on any atom is -0.316 e. The highest BCUT2D eigenvalue weighted by Gasteiger charge is 2.29. The van der Waals surface area contributed by atoms with Crippen LogP contribution in [0.5, 0.6) is 0 Å². The van der Waals surface area contributed by atoms with Crippen molar-refractivity contribution >= 4 is 0 Å². The van der Waals surface area contributed by atoms with E-state index >= 15 is 0 Å². The van der Waals surface area contributed by atoms with Gasteiger partial charge in [-0.15, -0.1) is 0 Å². The molecule has 1 nitrogen and oxygen atoms in total. The van der Waals surface area contributed by atoms with E-state index in [0.717, 1.165) is 18.7 Å². The van der Waals surface area contributed by atoms with Crippen LogP contribution in [0, 0.1) is 17.7 Å². The van der Waals surface area contributed by atoms with E-state index in [1.54, 1.807) is 12.1 Å². The first-order valence-electron chi connectivity index (χ1n) is 7.13. The molecular weight excluding hydrogens is 225 g/mol. The van der Waals surface area contributed by atoms with E-state index in [1.165, 1.54) is 19.3 Å². The molecule has 0 aliphatic heterocycles. The average Bonchev–Trinajstić information content (AvgIpc) is 2.25. The van der Waals surface area contributed by atoms with Crippen molar-refractivity contribution in [1.82, 2.24) is 5.32 Å². The number of hydrogen-bond acceptors (Lipinski definition) is 1. The lowest BCUT2D eigenvalue weighted by Gasteiger charge is -2.34. The van der Waals surface area contributed by atoms with Crippen molar-refractivity contribution in [1.29, 1.82) is 0 Å².